The summed E-state index contributed by atoms with van der Waals surface area (Å²) in [6, 6.07) is 8.13. The molecule has 6 nitrogen and oxygen atoms in total. The van der Waals surface area contributed by atoms with E-state index in [2.05, 4.69) is 10.2 Å². The molecule has 28 heavy (non-hydrogen) atoms. The summed E-state index contributed by atoms with van der Waals surface area (Å²) < 4.78 is 15.5. The third kappa shape index (κ3) is 3.91. The fourth-order valence-corrected chi connectivity index (χ4v) is 4.41. The Morgan fingerprint density at radius 1 is 1.32 bits per heavy atom. The van der Waals surface area contributed by atoms with Gasteiger partial charge in [-0.1, -0.05) is 12.1 Å². The number of hydrogen-bond acceptors (Lipinski definition) is 4. The molecule has 4 rings (SSSR count). The van der Waals surface area contributed by atoms with Gasteiger partial charge in [-0.25, -0.2) is 18.9 Å². The first-order chi connectivity index (χ1) is 13.6. The topological polar surface area (TPSA) is 71.0 Å². The van der Waals surface area contributed by atoms with Gasteiger partial charge in [0, 0.05) is 19.5 Å². The van der Waals surface area contributed by atoms with E-state index in [9.17, 15) is 14.0 Å². The number of amides is 1. The van der Waals surface area contributed by atoms with E-state index in [-0.39, 0.29) is 17.5 Å². The van der Waals surface area contributed by atoms with Crippen LogP contribution >= 0.6 is 11.3 Å². The molecular weight excluding hydrogens is 379 g/mol. The number of nitrogens with zero attached hydrogens (tertiary/aromatic N) is 3. The number of nitrogens with one attached hydrogen (secondary N) is 1. The first-order valence-corrected chi connectivity index (χ1v) is 10.3. The van der Waals surface area contributed by atoms with Crippen LogP contribution in [0.1, 0.15) is 24.2 Å². The number of para-hydroxylation sites is 1. The van der Waals surface area contributed by atoms with Gasteiger partial charge in [-0.3, -0.25) is 4.79 Å². The van der Waals surface area contributed by atoms with Gasteiger partial charge in [0.15, 0.2) is 0 Å². The van der Waals surface area contributed by atoms with Crippen LogP contribution in [-0.2, 0) is 17.6 Å². The summed E-state index contributed by atoms with van der Waals surface area (Å²) in [7, 11) is 0. The smallest absolute Gasteiger partial charge is 0.342 e. The predicted octanol–water partition coefficient (Wildman–Crippen LogP) is 2.79. The minimum Gasteiger partial charge on any atom is -0.342 e. The zero-order valence-electron chi connectivity index (χ0n) is 15.3. The van der Waals surface area contributed by atoms with Crippen LogP contribution in [0.25, 0.3) is 5.69 Å². The largest absolute Gasteiger partial charge is 0.348 e. The van der Waals surface area contributed by atoms with E-state index in [0.717, 1.165) is 24.9 Å². The molecule has 0 bridgehead atoms. The first-order valence-electron chi connectivity index (χ1n) is 9.32. The van der Waals surface area contributed by atoms with Crippen molar-refractivity contribution < 1.29 is 9.18 Å². The number of H-pyrrole nitrogens is 1. The molecule has 2 aromatic heterocycles. The van der Waals surface area contributed by atoms with Crippen molar-refractivity contribution in [2.75, 3.05) is 13.1 Å². The molecule has 0 aliphatic carbocycles. The number of piperidine rings is 1. The van der Waals surface area contributed by atoms with Gasteiger partial charge in [0.05, 0.1) is 12.1 Å². The molecule has 1 aliphatic heterocycles. The van der Waals surface area contributed by atoms with Crippen LogP contribution in [0, 0.1) is 11.7 Å². The van der Waals surface area contributed by atoms with Crippen LogP contribution in [0.2, 0.25) is 0 Å². The highest BCUT2D eigenvalue weighted by Crippen LogP contribution is 2.22. The molecular formula is C20H21FN4O2S. The Morgan fingerprint density at radius 3 is 2.96 bits per heavy atom. The molecule has 1 saturated heterocycles. The molecule has 1 aliphatic rings. The maximum absolute atomic E-state index is 14.2. The van der Waals surface area contributed by atoms with Crippen LogP contribution in [-0.4, -0.2) is 38.7 Å². The molecule has 1 atom stereocenters. The van der Waals surface area contributed by atoms with Crippen molar-refractivity contribution in [3.05, 3.63) is 68.8 Å². The molecule has 3 aromatic rings. The van der Waals surface area contributed by atoms with Gasteiger partial charge in [0.25, 0.3) is 0 Å². The molecule has 1 aromatic carbocycles. The standard InChI is InChI=1S/C20H21FN4O2S/c21-16-5-1-2-6-17(16)25-18(22-23-20(25)27)10-14-4-3-8-24(12-14)19(26)11-15-7-9-28-13-15/h1-2,5-7,9,13-14H,3-4,8,10-12H2,(H,23,27)/t14-/m0/s1. The van der Waals surface area contributed by atoms with Crippen LogP contribution in [0.3, 0.4) is 0 Å². The summed E-state index contributed by atoms with van der Waals surface area (Å²) in [5, 5.41) is 10.5. The van der Waals surface area contributed by atoms with E-state index in [1.165, 1.54) is 10.6 Å². The summed E-state index contributed by atoms with van der Waals surface area (Å²) in [5.74, 6) is 0.327. The Hall–Kier alpha value is -2.74. The van der Waals surface area contributed by atoms with Crippen molar-refractivity contribution in [2.24, 2.45) is 5.92 Å². The average Bonchev–Trinajstić information content (AvgIpc) is 3.33. The summed E-state index contributed by atoms with van der Waals surface area (Å²) in [5.41, 5.74) is 0.775. The van der Waals surface area contributed by atoms with Gasteiger partial charge in [0.2, 0.25) is 5.91 Å². The predicted molar refractivity (Wildman–Crippen MR) is 105 cm³/mol. The molecule has 0 saturated carbocycles. The summed E-state index contributed by atoms with van der Waals surface area (Å²) in [6.45, 7) is 1.38. The Balaban J connectivity index is 1.48. The number of likely N-dealkylation sites (tertiary alicyclic amines) is 1. The van der Waals surface area contributed by atoms with E-state index in [1.54, 1.807) is 29.5 Å². The quantitative estimate of drug-likeness (QED) is 0.716. The molecule has 0 unspecified atom stereocenters. The Kier molecular flexibility index (Phi) is 5.38. The Labute approximate surface area is 165 Å². The number of aromatic amines is 1. The monoisotopic (exact) mass is 400 g/mol. The van der Waals surface area contributed by atoms with Crippen molar-refractivity contribution in [3.8, 4) is 5.69 Å². The molecule has 0 radical (unpaired) electrons. The molecule has 0 spiro atoms. The minimum atomic E-state index is -0.469. The normalized spacial score (nSPS) is 17.0. The van der Waals surface area contributed by atoms with E-state index in [0.29, 0.717) is 25.2 Å². The van der Waals surface area contributed by atoms with E-state index in [4.69, 9.17) is 0 Å². The Bertz CT molecular complexity index is 1010. The Morgan fingerprint density at radius 2 is 2.18 bits per heavy atom. The van der Waals surface area contributed by atoms with Crippen molar-refractivity contribution >= 4 is 17.2 Å². The average molecular weight is 400 g/mol. The highest BCUT2D eigenvalue weighted by atomic mass is 32.1. The molecule has 146 valence electrons. The second kappa shape index (κ2) is 8.10. The van der Waals surface area contributed by atoms with Gasteiger partial charge < -0.3 is 4.90 Å². The fourth-order valence-electron chi connectivity index (χ4n) is 3.74. The lowest BCUT2D eigenvalue weighted by molar-refractivity contribution is -0.132. The van der Waals surface area contributed by atoms with Crippen molar-refractivity contribution in [1.82, 2.24) is 19.7 Å². The highest BCUT2D eigenvalue weighted by Gasteiger charge is 2.26. The molecule has 1 fully saturated rings. The van der Waals surface area contributed by atoms with Gasteiger partial charge in [-0.15, -0.1) is 0 Å². The SMILES string of the molecule is O=C(Cc1ccsc1)N1CCC[C@@H](Cc2n[nH]c(=O)n2-c2ccccc2F)C1. The second-order valence-electron chi connectivity index (χ2n) is 7.09. The van der Waals surface area contributed by atoms with Gasteiger partial charge >= 0.3 is 5.69 Å². The van der Waals surface area contributed by atoms with Crippen molar-refractivity contribution in [2.45, 2.75) is 25.7 Å². The van der Waals surface area contributed by atoms with Crippen LogP contribution in [0.5, 0.6) is 0 Å². The molecule has 8 heteroatoms. The maximum atomic E-state index is 14.2. The lowest BCUT2D eigenvalue weighted by Gasteiger charge is -2.32. The maximum Gasteiger partial charge on any atom is 0.348 e. The summed E-state index contributed by atoms with van der Waals surface area (Å²) in [6.07, 6.45) is 2.78. The number of thiophene rings is 1. The number of carbonyl (C=O) groups excluding carboxylic acids is 1. The first kappa shape index (κ1) is 18.6. The summed E-state index contributed by atoms with van der Waals surface area (Å²) in [4.78, 5) is 26.7. The number of benzene rings is 1. The van der Waals surface area contributed by atoms with E-state index in [1.807, 2.05) is 21.7 Å². The molecule has 1 N–H and O–H groups in total. The highest BCUT2D eigenvalue weighted by molar-refractivity contribution is 7.08. The zero-order chi connectivity index (χ0) is 19.5. The van der Waals surface area contributed by atoms with Crippen molar-refractivity contribution in [3.63, 3.8) is 0 Å². The van der Waals surface area contributed by atoms with Crippen molar-refractivity contribution in [1.29, 1.82) is 0 Å². The van der Waals surface area contributed by atoms with Crippen LogP contribution in [0.4, 0.5) is 4.39 Å². The fraction of sp³-hybridized carbons (Fsp3) is 0.350. The van der Waals surface area contributed by atoms with E-state index < -0.39 is 11.5 Å². The second-order valence-corrected chi connectivity index (χ2v) is 7.87. The lowest BCUT2D eigenvalue weighted by Crippen LogP contribution is -2.41. The third-order valence-electron chi connectivity index (χ3n) is 5.11. The third-order valence-corrected chi connectivity index (χ3v) is 5.85. The number of halogens is 1. The zero-order valence-corrected chi connectivity index (χ0v) is 16.1. The van der Waals surface area contributed by atoms with Gasteiger partial charge in [-0.05, 0) is 53.3 Å². The van der Waals surface area contributed by atoms with E-state index >= 15 is 0 Å². The summed E-state index contributed by atoms with van der Waals surface area (Å²) >= 11 is 1.59. The van der Waals surface area contributed by atoms with Crippen LogP contribution in [0.15, 0.2) is 45.9 Å². The number of rotatable bonds is 5. The van der Waals surface area contributed by atoms with Gasteiger partial charge in [-0.2, -0.15) is 16.4 Å². The molecule has 1 amide bonds. The van der Waals surface area contributed by atoms with Gasteiger partial charge in [0.1, 0.15) is 11.6 Å². The lowest BCUT2D eigenvalue weighted by atomic mass is 9.94. The number of carbonyl (C=O) groups is 1. The van der Waals surface area contributed by atoms with Crippen LogP contribution < -0.4 is 5.69 Å². The number of aromatic nitrogens is 3. The molecule has 3 heterocycles. The number of hydrogen-bond donors (Lipinski definition) is 1. The minimum absolute atomic E-state index is 0.122.